The van der Waals surface area contributed by atoms with Gasteiger partial charge in [0.2, 0.25) is 0 Å². The maximum atomic E-state index is 7.46. The fourth-order valence-electron chi connectivity index (χ4n) is 5.78. The quantitative estimate of drug-likeness (QED) is 0.459. The van der Waals surface area contributed by atoms with Gasteiger partial charge in [-0.05, 0) is 81.4 Å². The van der Waals surface area contributed by atoms with Crippen LogP contribution in [0.15, 0.2) is 44.6 Å². The van der Waals surface area contributed by atoms with E-state index in [1.807, 2.05) is 0 Å². The SMILES string of the molecule is CC1=C(C)C(C)(C)C(C2CCOC2(Cl)C2=C(C)C(C)=C(C)C2(C)C)=C1C. The first kappa shape index (κ1) is 20.0. The summed E-state index contributed by atoms with van der Waals surface area (Å²) in [6.45, 7) is 23.5. The molecule has 0 bridgehead atoms. The van der Waals surface area contributed by atoms with Gasteiger partial charge in [0.05, 0.1) is 6.61 Å². The molecule has 1 heterocycles. The second kappa shape index (κ2) is 5.85. The van der Waals surface area contributed by atoms with Crippen molar-refractivity contribution in [1.82, 2.24) is 0 Å². The minimum absolute atomic E-state index is 0.0431. The third-order valence-electron chi connectivity index (χ3n) is 8.06. The first-order chi connectivity index (χ1) is 11.8. The normalized spacial score (nSPS) is 34.0. The Bertz CT molecular complexity index is 800. The molecule has 2 atom stereocenters. The Morgan fingerprint density at radius 2 is 1.27 bits per heavy atom. The lowest BCUT2D eigenvalue weighted by atomic mass is 9.68. The van der Waals surface area contributed by atoms with Gasteiger partial charge in [-0.3, -0.25) is 0 Å². The summed E-state index contributed by atoms with van der Waals surface area (Å²) >= 11 is 7.46. The second-order valence-electron chi connectivity index (χ2n) is 9.62. The fourth-order valence-corrected chi connectivity index (χ4v) is 6.46. The van der Waals surface area contributed by atoms with Crippen molar-refractivity contribution in [2.75, 3.05) is 6.61 Å². The van der Waals surface area contributed by atoms with Crippen LogP contribution in [-0.4, -0.2) is 11.7 Å². The Morgan fingerprint density at radius 3 is 1.69 bits per heavy atom. The lowest BCUT2D eigenvalue weighted by molar-refractivity contribution is 0.0728. The van der Waals surface area contributed by atoms with Crippen molar-refractivity contribution in [3.63, 3.8) is 0 Å². The van der Waals surface area contributed by atoms with Gasteiger partial charge in [-0.25, -0.2) is 0 Å². The van der Waals surface area contributed by atoms with Crippen LogP contribution < -0.4 is 0 Å². The predicted octanol–water partition coefficient (Wildman–Crippen LogP) is 7.34. The van der Waals surface area contributed by atoms with Crippen molar-refractivity contribution in [2.45, 2.75) is 80.7 Å². The van der Waals surface area contributed by atoms with Gasteiger partial charge in [0, 0.05) is 16.7 Å². The first-order valence-corrected chi connectivity index (χ1v) is 10.3. The topological polar surface area (TPSA) is 9.23 Å². The minimum Gasteiger partial charge on any atom is -0.355 e. The van der Waals surface area contributed by atoms with Gasteiger partial charge >= 0.3 is 0 Å². The van der Waals surface area contributed by atoms with Gasteiger partial charge in [-0.1, -0.05) is 50.4 Å². The highest BCUT2D eigenvalue weighted by Gasteiger charge is 2.57. The van der Waals surface area contributed by atoms with Gasteiger partial charge < -0.3 is 4.74 Å². The molecule has 2 aliphatic carbocycles. The number of allylic oxidation sites excluding steroid dienone is 6. The zero-order chi connectivity index (χ0) is 19.8. The summed E-state index contributed by atoms with van der Waals surface area (Å²) in [5, 5.41) is -0.745. The molecule has 0 spiro atoms. The minimum atomic E-state index is -0.745. The van der Waals surface area contributed by atoms with Crippen LogP contribution >= 0.6 is 11.6 Å². The van der Waals surface area contributed by atoms with E-state index < -0.39 is 5.06 Å². The average Bonchev–Trinajstić information content (AvgIpc) is 3.03. The zero-order valence-corrected chi connectivity index (χ0v) is 19.0. The van der Waals surface area contributed by atoms with E-state index in [0.29, 0.717) is 0 Å². The molecule has 3 aliphatic rings. The van der Waals surface area contributed by atoms with Crippen molar-refractivity contribution in [1.29, 1.82) is 0 Å². The number of halogens is 1. The van der Waals surface area contributed by atoms with E-state index in [4.69, 9.17) is 16.3 Å². The molecule has 1 aliphatic heterocycles. The molecule has 144 valence electrons. The Balaban J connectivity index is 2.17. The summed E-state index contributed by atoms with van der Waals surface area (Å²) < 4.78 is 6.39. The van der Waals surface area contributed by atoms with Gasteiger partial charge in [-0.2, -0.15) is 0 Å². The van der Waals surface area contributed by atoms with E-state index in [1.54, 1.807) is 0 Å². The maximum absolute atomic E-state index is 7.46. The fraction of sp³-hybridized carbons (Fsp3) is 0.667. The van der Waals surface area contributed by atoms with E-state index >= 15 is 0 Å². The van der Waals surface area contributed by atoms with Crippen molar-refractivity contribution < 1.29 is 4.74 Å². The van der Waals surface area contributed by atoms with Gasteiger partial charge in [0.25, 0.3) is 0 Å². The molecule has 0 aromatic heterocycles. The van der Waals surface area contributed by atoms with Gasteiger partial charge in [0.1, 0.15) is 0 Å². The highest BCUT2D eigenvalue weighted by Crippen LogP contribution is 2.62. The van der Waals surface area contributed by atoms with E-state index in [9.17, 15) is 0 Å². The van der Waals surface area contributed by atoms with Crippen LogP contribution in [0.4, 0.5) is 0 Å². The molecule has 3 rings (SSSR count). The second-order valence-corrected chi connectivity index (χ2v) is 10.2. The largest absolute Gasteiger partial charge is 0.355 e. The van der Waals surface area contributed by atoms with E-state index in [2.05, 4.69) is 69.2 Å². The van der Waals surface area contributed by atoms with E-state index in [1.165, 1.54) is 44.6 Å². The molecule has 26 heavy (non-hydrogen) atoms. The molecule has 1 saturated heterocycles. The summed E-state index contributed by atoms with van der Waals surface area (Å²) in [6.07, 6.45) is 0.991. The summed E-state index contributed by atoms with van der Waals surface area (Å²) in [5.41, 5.74) is 11.2. The van der Waals surface area contributed by atoms with Crippen molar-refractivity contribution in [3.8, 4) is 0 Å². The molecule has 0 aromatic rings. The maximum Gasteiger partial charge on any atom is 0.171 e. The molecule has 2 heteroatoms. The summed E-state index contributed by atoms with van der Waals surface area (Å²) in [5.74, 6) is 0.217. The molecule has 1 fully saturated rings. The molecule has 1 nitrogen and oxygen atoms in total. The van der Waals surface area contributed by atoms with Crippen molar-refractivity contribution >= 4 is 11.6 Å². The molecular formula is C24H35ClO. The summed E-state index contributed by atoms with van der Waals surface area (Å²) in [6, 6.07) is 0. The molecule has 0 aromatic carbocycles. The Labute approximate surface area is 165 Å². The molecule has 0 radical (unpaired) electrons. The highest BCUT2D eigenvalue weighted by atomic mass is 35.5. The van der Waals surface area contributed by atoms with E-state index in [-0.39, 0.29) is 16.7 Å². The number of hydrogen-bond donors (Lipinski definition) is 0. The van der Waals surface area contributed by atoms with Crippen LogP contribution in [0.25, 0.3) is 0 Å². The van der Waals surface area contributed by atoms with Crippen LogP contribution in [0.3, 0.4) is 0 Å². The van der Waals surface area contributed by atoms with Gasteiger partial charge in [0.15, 0.2) is 5.06 Å². The summed E-state index contributed by atoms with van der Waals surface area (Å²) in [4.78, 5) is 0. The van der Waals surface area contributed by atoms with Crippen LogP contribution in [0.2, 0.25) is 0 Å². The lowest BCUT2D eigenvalue weighted by Gasteiger charge is -2.42. The first-order valence-electron chi connectivity index (χ1n) is 9.92. The number of ether oxygens (including phenoxy) is 1. The molecule has 2 unspecified atom stereocenters. The zero-order valence-electron chi connectivity index (χ0n) is 18.3. The standard InChI is InChI=1S/C24H35ClO/c1-13-15(3)20(22(7,8)17(13)5)19-11-12-26-24(19,25)21-16(4)14(2)18(6)23(21,9)10/h19H,11-12H2,1-10H3. The Morgan fingerprint density at radius 1 is 0.769 bits per heavy atom. The van der Waals surface area contributed by atoms with Crippen LogP contribution in [0.5, 0.6) is 0 Å². The highest BCUT2D eigenvalue weighted by molar-refractivity contribution is 6.26. The lowest BCUT2D eigenvalue weighted by Crippen LogP contribution is -2.40. The third-order valence-corrected chi connectivity index (χ3v) is 8.62. The predicted molar refractivity (Wildman–Crippen MR) is 112 cm³/mol. The van der Waals surface area contributed by atoms with Crippen LogP contribution in [0.1, 0.15) is 75.7 Å². The number of hydrogen-bond acceptors (Lipinski definition) is 1. The molecule has 0 amide bonds. The molecule has 0 saturated carbocycles. The Kier molecular flexibility index (Phi) is 4.49. The number of alkyl halides is 1. The van der Waals surface area contributed by atoms with E-state index in [0.717, 1.165) is 13.0 Å². The monoisotopic (exact) mass is 374 g/mol. The molecular weight excluding hydrogens is 340 g/mol. The van der Waals surface area contributed by atoms with Crippen LogP contribution in [-0.2, 0) is 4.74 Å². The number of rotatable bonds is 2. The third kappa shape index (κ3) is 2.32. The summed E-state index contributed by atoms with van der Waals surface area (Å²) in [7, 11) is 0. The van der Waals surface area contributed by atoms with Crippen molar-refractivity contribution in [3.05, 3.63) is 44.6 Å². The smallest absolute Gasteiger partial charge is 0.171 e. The average molecular weight is 375 g/mol. The molecule has 0 N–H and O–H groups in total. The van der Waals surface area contributed by atoms with Gasteiger partial charge in [-0.15, -0.1) is 0 Å². The Hall–Kier alpha value is -0.790. The van der Waals surface area contributed by atoms with Crippen LogP contribution in [0, 0.1) is 16.7 Å². The van der Waals surface area contributed by atoms with Crippen molar-refractivity contribution in [2.24, 2.45) is 16.7 Å².